The van der Waals surface area contributed by atoms with Crippen LogP contribution in [0.3, 0.4) is 0 Å². The summed E-state index contributed by atoms with van der Waals surface area (Å²) in [5.74, 6) is 0.320. The van der Waals surface area contributed by atoms with Gasteiger partial charge in [-0.1, -0.05) is 13.0 Å². The van der Waals surface area contributed by atoms with Gasteiger partial charge in [-0.15, -0.1) is 0 Å². The zero-order valence-electron chi connectivity index (χ0n) is 13.1. The predicted octanol–water partition coefficient (Wildman–Crippen LogP) is 3.30. The maximum Gasteiger partial charge on any atom is 0.131 e. The molecule has 1 aromatic carbocycles. The Labute approximate surface area is 127 Å². The summed E-state index contributed by atoms with van der Waals surface area (Å²) in [5.41, 5.74) is 0.671. The van der Waals surface area contributed by atoms with E-state index in [1.807, 2.05) is 0 Å². The maximum absolute atomic E-state index is 14.1. The Hall–Kier alpha value is -1.13. The van der Waals surface area contributed by atoms with Gasteiger partial charge < -0.3 is 10.4 Å². The zero-order valence-corrected chi connectivity index (χ0v) is 13.1. The number of halogens is 1. The van der Waals surface area contributed by atoms with Crippen LogP contribution in [0.5, 0.6) is 5.75 Å². The summed E-state index contributed by atoms with van der Waals surface area (Å²) >= 11 is 0. The van der Waals surface area contributed by atoms with Crippen LogP contribution in [0.15, 0.2) is 18.2 Å². The van der Waals surface area contributed by atoms with Crippen LogP contribution >= 0.6 is 0 Å². The highest BCUT2D eigenvalue weighted by Gasteiger charge is 2.23. The number of hydrogen-bond acceptors (Lipinski definition) is 3. The summed E-state index contributed by atoms with van der Waals surface area (Å²) in [6.45, 7) is 8.37. The van der Waals surface area contributed by atoms with Crippen molar-refractivity contribution in [3.63, 3.8) is 0 Å². The van der Waals surface area contributed by atoms with E-state index in [1.54, 1.807) is 12.1 Å². The largest absolute Gasteiger partial charge is 0.508 e. The molecule has 0 bridgehead atoms. The highest BCUT2D eigenvalue weighted by atomic mass is 19.1. The first-order valence-electron chi connectivity index (χ1n) is 8.05. The average Bonchev–Trinajstić information content (AvgIpc) is 2.47. The van der Waals surface area contributed by atoms with Crippen LogP contribution in [0.2, 0.25) is 0 Å². The first-order chi connectivity index (χ1) is 10.1. The van der Waals surface area contributed by atoms with Crippen molar-refractivity contribution in [3.05, 3.63) is 29.6 Å². The summed E-state index contributed by atoms with van der Waals surface area (Å²) in [7, 11) is 0. The van der Waals surface area contributed by atoms with Gasteiger partial charge in [-0.25, -0.2) is 4.39 Å². The number of benzene rings is 1. The van der Waals surface area contributed by atoms with Gasteiger partial charge >= 0.3 is 0 Å². The Morgan fingerprint density at radius 2 is 2.29 bits per heavy atom. The van der Waals surface area contributed by atoms with Crippen LogP contribution in [0.1, 0.15) is 44.7 Å². The molecule has 2 N–H and O–H groups in total. The number of nitrogens with zero attached hydrogens (tertiary/aromatic N) is 1. The third-order valence-electron chi connectivity index (χ3n) is 4.38. The van der Waals surface area contributed by atoms with Gasteiger partial charge in [0.1, 0.15) is 11.6 Å². The Bertz CT molecular complexity index is 446. The summed E-state index contributed by atoms with van der Waals surface area (Å²) in [4.78, 5) is 2.37. The van der Waals surface area contributed by atoms with E-state index < -0.39 is 0 Å². The molecule has 0 aliphatic carbocycles. The molecule has 4 heteroatoms. The van der Waals surface area contributed by atoms with E-state index in [0.29, 0.717) is 11.5 Å². The van der Waals surface area contributed by atoms with Crippen LogP contribution in [-0.2, 0) is 0 Å². The Kier molecular flexibility index (Phi) is 6.00. The summed E-state index contributed by atoms with van der Waals surface area (Å²) in [6.07, 6.45) is 3.54. The van der Waals surface area contributed by atoms with Gasteiger partial charge in [0.15, 0.2) is 0 Å². The number of nitrogens with one attached hydrogen (secondary N) is 1. The molecule has 1 saturated heterocycles. The van der Waals surface area contributed by atoms with Crippen molar-refractivity contribution in [2.45, 2.75) is 39.2 Å². The van der Waals surface area contributed by atoms with Crippen molar-refractivity contribution in [3.8, 4) is 5.75 Å². The molecule has 0 amide bonds. The lowest BCUT2D eigenvalue weighted by Crippen LogP contribution is -2.39. The lowest BCUT2D eigenvalue weighted by atomic mass is 9.97. The molecule has 1 aliphatic heterocycles. The topological polar surface area (TPSA) is 35.5 Å². The van der Waals surface area contributed by atoms with Gasteiger partial charge in [-0.2, -0.15) is 0 Å². The molecule has 1 aliphatic rings. The SMILES string of the molecule is CCCN(CC1CCCNC1)C(C)c1ccc(O)cc1F. The lowest BCUT2D eigenvalue weighted by Gasteiger charge is -2.34. The molecule has 0 spiro atoms. The summed E-state index contributed by atoms with van der Waals surface area (Å²) < 4.78 is 14.1. The van der Waals surface area contributed by atoms with Crippen LogP contribution < -0.4 is 5.32 Å². The molecule has 0 radical (unpaired) electrons. The zero-order chi connectivity index (χ0) is 15.2. The molecule has 2 unspecified atom stereocenters. The van der Waals surface area contributed by atoms with E-state index >= 15 is 0 Å². The standard InChI is InChI=1S/C17H27FN2O/c1-3-9-20(12-14-5-4-8-19-11-14)13(2)16-7-6-15(21)10-17(16)18/h6-7,10,13-14,19,21H,3-5,8-9,11-12H2,1-2H3. The fourth-order valence-corrected chi connectivity index (χ4v) is 3.19. The number of phenols is 1. The van der Waals surface area contributed by atoms with Gasteiger partial charge in [-0.05, 0) is 57.8 Å². The van der Waals surface area contributed by atoms with E-state index in [-0.39, 0.29) is 17.6 Å². The van der Waals surface area contributed by atoms with E-state index in [9.17, 15) is 9.50 Å². The number of piperidine rings is 1. The second kappa shape index (κ2) is 7.76. The van der Waals surface area contributed by atoms with Crippen LogP contribution in [0.4, 0.5) is 4.39 Å². The van der Waals surface area contributed by atoms with Crippen LogP contribution in [0, 0.1) is 11.7 Å². The number of rotatable bonds is 6. The first-order valence-corrected chi connectivity index (χ1v) is 8.05. The van der Waals surface area contributed by atoms with Crippen molar-refractivity contribution >= 4 is 0 Å². The van der Waals surface area contributed by atoms with Crippen LogP contribution in [-0.4, -0.2) is 36.2 Å². The molecule has 1 fully saturated rings. The second-order valence-corrected chi connectivity index (χ2v) is 6.09. The Morgan fingerprint density at radius 1 is 1.48 bits per heavy atom. The molecule has 2 atom stereocenters. The van der Waals surface area contributed by atoms with Crippen molar-refractivity contribution in [1.82, 2.24) is 10.2 Å². The molecule has 1 heterocycles. The average molecular weight is 294 g/mol. The minimum absolute atomic E-state index is 0.0121. The second-order valence-electron chi connectivity index (χ2n) is 6.09. The highest BCUT2D eigenvalue weighted by molar-refractivity contribution is 5.29. The first kappa shape index (κ1) is 16.2. The molecular weight excluding hydrogens is 267 g/mol. The van der Waals surface area contributed by atoms with E-state index in [4.69, 9.17) is 0 Å². The maximum atomic E-state index is 14.1. The molecule has 21 heavy (non-hydrogen) atoms. The number of aromatic hydroxyl groups is 1. The molecule has 0 saturated carbocycles. The monoisotopic (exact) mass is 294 g/mol. The summed E-state index contributed by atoms with van der Waals surface area (Å²) in [5, 5.41) is 12.8. The van der Waals surface area contributed by atoms with Crippen molar-refractivity contribution < 1.29 is 9.50 Å². The molecule has 118 valence electrons. The van der Waals surface area contributed by atoms with Gasteiger partial charge in [0.2, 0.25) is 0 Å². The number of hydrogen-bond donors (Lipinski definition) is 2. The Morgan fingerprint density at radius 3 is 2.90 bits per heavy atom. The van der Waals surface area contributed by atoms with Gasteiger partial charge in [0, 0.05) is 24.2 Å². The molecule has 3 nitrogen and oxygen atoms in total. The minimum atomic E-state index is -0.314. The highest BCUT2D eigenvalue weighted by Crippen LogP contribution is 2.27. The third-order valence-corrected chi connectivity index (χ3v) is 4.38. The van der Waals surface area contributed by atoms with Crippen molar-refractivity contribution in [2.75, 3.05) is 26.2 Å². The Balaban J connectivity index is 2.08. The minimum Gasteiger partial charge on any atom is -0.508 e. The summed E-state index contributed by atoms with van der Waals surface area (Å²) in [6, 6.07) is 4.52. The number of phenolic OH excluding ortho intramolecular Hbond substituents is 1. The van der Waals surface area contributed by atoms with Crippen molar-refractivity contribution in [1.29, 1.82) is 0 Å². The smallest absolute Gasteiger partial charge is 0.131 e. The quantitative estimate of drug-likeness (QED) is 0.845. The molecule has 1 aromatic rings. The van der Waals surface area contributed by atoms with E-state index in [2.05, 4.69) is 24.1 Å². The van der Waals surface area contributed by atoms with E-state index in [1.165, 1.54) is 18.9 Å². The third kappa shape index (κ3) is 4.42. The molecule has 0 aromatic heterocycles. The van der Waals surface area contributed by atoms with Gasteiger partial charge in [-0.3, -0.25) is 4.90 Å². The fourth-order valence-electron chi connectivity index (χ4n) is 3.19. The molecular formula is C17H27FN2O. The molecule has 2 rings (SSSR count). The van der Waals surface area contributed by atoms with E-state index in [0.717, 1.165) is 32.6 Å². The van der Waals surface area contributed by atoms with Gasteiger partial charge in [0.25, 0.3) is 0 Å². The van der Waals surface area contributed by atoms with Gasteiger partial charge in [0.05, 0.1) is 0 Å². The van der Waals surface area contributed by atoms with Crippen molar-refractivity contribution in [2.24, 2.45) is 5.92 Å². The van der Waals surface area contributed by atoms with Crippen LogP contribution in [0.25, 0.3) is 0 Å². The fraction of sp³-hybridized carbons (Fsp3) is 0.647. The lowest BCUT2D eigenvalue weighted by molar-refractivity contribution is 0.160. The normalized spacial score (nSPS) is 20.7. The predicted molar refractivity (Wildman–Crippen MR) is 83.9 cm³/mol.